The number of amides is 2. The van der Waals surface area contributed by atoms with E-state index < -0.39 is 11.7 Å². The summed E-state index contributed by atoms with van der Waals surface area (Å²) in [6, 6.07) is 6.72. The molecule has 0 bridgehead atoms. The number of nitrogens with two attached hydrogens (primary N) is 1. The molecule has 0 atom stereocenters. The molecule has 0 saturated carbocycles. The molecule has 0 aliphatic rings. The molecule has 0 aliphatic carbocycles. The fourth-order valence-electron chi connectivity index (χ4n) is 2.05. The lowest BCUT2D eigenvalue weighted by Crippen LogP contribution is -2.34. The van der Waals surface area contributed by atoms with Crippen LogP contribution in [0.3, 0.4) is 0 Å². The fraction of sp³-hybridized carbons (Fsp3) is 0.600. The maximum atomic E-state index is 11.9. The van der Waals surface area contributed by atoms with E-state index in [-0.39, 0.29) is 5.91 Å². The van der Waals surface area contributed by atoms with E-state index in [4.69, 9.17) is 24.7 Å². The maximum Gasteiger partial charge on any atom is 0.407 e. The summed E-state index contributed by atoms with van der Waals surface area (Å²) in [4.78, 5) is 23.3. The molecule has 0 spiro atoms. The molecule has 9 nitrogen and oxygen atoms in total. The van der Waals surface area contributed by atoms with E-state index in [1.807, 2.05) is 20.8 Å². The first-order valence-corrected chi connectivity index (χ1v) is 9.62. The van der Waals surface area contributed by atoms with Crippen molar-refractivity contribution in [3.63, 3.8) is 0 Å². The van der Waals surface area contributed by atoms with Crippen molar-refractivity contribution < 1.29 is 28.5 Å². The van der Waals surface area contributed by atoms with E-state index >= 15 is 0 Å². The Kier molecular flexibility index (Phi) is 11.7. The molecule has 0 radical (unpaired) electrons. The minimum absolute atomic E-state index is 0.164. The molecule has 0 fully saturated rings. The number of hydrogen-bond acceptors (Lipinski definition) is 7. The molecule has 4 N–H and O–H groups in total. The number of carbonyl (C=O) groups is 2. The molecule has 0 unspecified atom stereocenters. The third kappa shape index (κ3) is 13.4. The van der Waals surface area contributed by atoms with Gasteiger partial charge in [0.2, 0.25) is 0 Å². The van der Waals surface area contributed by atoms with Crippen LogP contribution in [-0.2, 0) is 18.9 Å². The van der Waals surface area contributed by atoms with Crippen molar-refractivity contribution >= 4 is 17.7 Å². The second-order valence-electron chi connectivity index (χ2n) is 7.14. The highest BCUT2D eigenvalue weighted by molar-refractivity contribution is 5.94. The van der Waals surface area contributed by atoms with Crippen LogP contribution >= 0.6 is 0 Å². The molecule has 0 saturated heterocycles. The Balaban J connectivity index is 1.86. The van der Waals surface area contributed by atoms with Crippen LogP contribution in [0, 0.1) is 0 Å². The molecular weight excluding hydrogens is 378 g/mol. The highest BCUT2D eigenvalue weighted by Crippen LogP contribution is 2.06. The summed E-state index contributed by atoms with van der Waals surface area (Å²) in [7, 11) is 0. The molecule has 1 aromatic rings. The molecule has 164 valence electrons. The van der Waals surface area contributed by atoms with Gasteiger partial charge in [-0.25, -0.2) is 4.79 Å². The number of carbonyl (C=O) groups excluding carboxylic acids is 2. The number of anilines is 1. The number of nitrogen functional groups attached to an aromatic ring is 1. The van der Waals surface area contributed by atoms with Crippen LogP contribution in [0.5, 0.6) is 0 Å². The normalized spacial score (nSPS) is 11.1. The first-order chi connectivity index (χ1) is 13.8. The first-order valence-electron chi connectivity index (χ1n) is 9.62. The van der Waals surface area contributed by atoms with E-state index in [1.54, 1.807) is 24.3 Å². The highest BCUT2D eigenvalue weighted by Gasteiger charge is 2.15. The van der Waals surface area contributed by atoms with Crippen molar-refractivity contribution in [1.82, 2.24) is 10.6 Å². The Morgan fingerprint density at radius 1 is 0.828 bits per heavy atom. The molecule has 2 amide bonds. The lowest BCUT2D eigenvalue weighted by molar-refractivity contribution is 0.0145. The van der Waals surface area contributed by atoms with E-state index in [0.717, 1.165) is 0 Å². The van der Waals surface area contributed by atoms with Gasteiger partial charge in [-0.05, 0) is 45.0 Å². The van der Waals surface area contributed by atoms with Crippen molar-refractivity contribution in [3.05, 3.63) is 29.8 Å². The summed E-state index contributed by atoms with van der Waals surface area (Å²) >= 11 is 0. The molecule has 9 heteroatoms. The van der Waals surface area contributed by atoms with Gasteiger partial charge in [0.15, 0.2) is 0 Å². The summed E-state index contributed by atoms with van der Waals surface area (Å²) < 4.78 is 21.2. The van der Waals surface area contributed by atoms with Crippen LogP contribution in [0.15, 0.2) is 24.3 Å². The van der Waals surface area contributed by atoms with Crippen LogP contribution in [0.2, 0.25) is 0 Å². The summed E-state index contributed by atoms with van der Waals surface area (Å²) in [5.74, 6) is -0.164. The Morgan fingerprint density at radius 3 is 1.83 bits per heavy atom. The van der Waals surface area contributed by atoms with Crippen molar-refractivity contribution in [2.75, 3.05) is 58.5 Å². The van der Waals surface area contributed by atoms with E-state index in [2.05, 4.69) is 10.6 Å². The van der Waals surface area contributed by atoms with E-state index in [1.165, 1.54) is 0 Å². The average Bonchev–Trinajstić information content (AvgIpc) is 2.64. The predicted octanol–water partition coefficient (Wildman–Crippen LogP) is 1.57. The van der Waals surface area contributed by atoms with Crippen molar-refractivity contribution in [2.45, 2.75) is 26.4 Å². The maximum absolute atomic E-state index is 11.9. The number of benzene rings is 1. The van der Waals surface area contributed by atoms with Crippen LogP contribution in [-0.4, -0.2) is 70.3 Å². The Bertz CT molecular complexity index is 601. The minimum Gasteiger partial charge on any atom is -0.444 e. The van der Waals surface area contributed by atoms with Crippen molar-refractivity contribution in [3.8, 4) is 0 Å². The molecule has 1 rings (SSSR count). The zero-order chi connectivity index (χ0) is 21.5. The lowest BCUT2D eigenvalue weighted by atomic mass is 10.2. The molecule has 0 aromatic heterocycles. The largest absolute Gasteiger partial charge is 0.444 e. The molecular formula is C20H33N3O6. The number of alkyl carbamates (subject to hydrolysis) is 1. The van der Waals surface area contributed by atoms with Crippen LogP contribution in [0.4, 0.5) is 10.5 Å². The third-order valence-electron chi connectivity index (χ3n) is 3.36. The molecule has 29 heavy (non-hydrogen) atoms. The van der Waals surface area contributed by atoms with Crippen molar-refractivity contribution in [2.24, 2.45) is 0 Å². The summed E-state index contributed by atoms with van der Waals surface area (Å²) in [5, 5.41) is 5.37. The van der Waals surface area contributed by atoms with Crippen LogP contribution in [0.25, 0.3) is 0 Å². The Morgan fingerprint density at radius 2 is 1.31 bits per heavy atom. The molecule has 1 aromatic carbocycles. The van der Waals surface area contributed by atoms with Crippen LogP contribution in [0.1, 0.15) is 31.1 Å². The smallest absolute Gasteiger partial charge is 0.407 e. The van der Waals surface area contributed by atoms with Gasteiger partial charge in [0.05, 0.1) is 39.6 Å². The summed E-state index contributed by atoms with van der Waals surface area (Å²) in [5.41, 5.74) is 6.25. The quantitative estimate of drug-likeness (QED) is 0.333. The number of rotatable bonds is 13. The lowest BCUT2D eigenvalue weighted by Gasteiger charge is -2.19. The molecule has 0 aliphatic heterocycles. The van der Waals surface area contributed by atoms with Gasteiger partial charge in [-0.1, -0.05) is 0 Å². The standard InChI is InChI=1S/C20H33N3O6/c1-20(2,3)29-19(25)23-9-11-27-13-15-28-14-12-26-10-8-22-18(24)16-4-6-17(21)7-5-16/h4-7H,8-15,21H2,1-3H3,(H,22,24)(H,23,25). The van der Waals surface area contributed by atoms with Gasteiger partial charge in [0.1, 0.15) is 5.60 Å². The van der Waals surface area contributed by atoms with E-state index in [0.29, 0.717) is 64.0 Å². The van der Waals surface area contributed by atoms with Gasteiger partial charge < -0.3 is 35.3 Å². The summed E-state index contributed by atoms with van der Waals surface area (Å²) in [6.45, 7) is 8.72. The number of ether oxygens (including phenoxy) is 4. The zero-order valence-corrected chi connectivity index (χ0v) is 17.5. The Labute approximate surface area is 172 Å². The fourth-order valence-corrected chi connectivity index (χ4v) is 2.05. The molecule has 0 heterocycles. The van der Waals surface area contributed by atoms with Crippen LogP contribution < -0.4 is 16.4 Å². The van der Waals surface area contributed by atoms with E-state index in [9.17, 15) is 9.59 Å². The average molecular weight is 411 g/mol. The highest BCUT2D eigenvalue weighted by atomic mass is 16.6. The topological polar surface area (TPSA) is 121 Å². The third-order valence-corrected chi connectivity index (χ3v) is 3.36. The predicted molar refractivity (Wildman–Crippen MR) is 110 cm³/mol. The second kappa shape index (κ2) is 13.8. The zero-order valence-electron chi connectivity index (χ0n) is 17.5. The number of nitrogens with one attached hydrogen (secondary N) is 2. The second-order valence-corrected chi connectivity index (χ2v) is 7.14. The first kappa shape index (κ1) is 24.7. The van der Waals surface area contributed by atoms with Gasteiger partial charge in [-0.15, -0.1) is 0 Å². The van der Waals surface area contributed by atoms with Crippen molar-refractivity contribution in [1.29, 1.82) is 0 Å². The van der Waals surface area contributed by atoms with Gasteiger partial charge in [-0.3, -0.25) is 4.79 Å². The van der Waals surface area contributed by atoms with Gasteiger partial charge >= 0.3 is 6.09 Å². The number of hydrogen-bond donors (Lipinski definition) is 3. The van der Waals surface area contributed by atoms with Gasteiger partial charge in [-0.2, -0.15) is 0 Å². The minimum atomic E-state index is -0.511. The Hall–Kier alpha value is -2.36. The monoisotopic (exact) mass is 411 g/mol. The summed E-state index contributed by atoms with van der Waals surface area (Å²) in [6.07, 6.45) is -0.459. The van der Waals surface area contributed by atoms with Gasteiger partial charge in [0.25, 0.3) is 5.91 Å². The van der Waals surface area contributed by atoms with Gasteiger partial charge in [0, 0.05) is 24.3 Å². The SMILES string of the molecule is CC(C)(C)OC(=O)NCCOCCOCCOCCNC(=O)c1ccc(N)cc1.